The Hall–Kier alpha value is -3.25. The second-order valence-corrected chi connectivity index (χ2v) is 12.3. The number of hydrogen-bond acceptors (Lipinski definition) is 9. The van der Waals surface area contributed by atoms with Gasteiger partial charge in [-0.3, -0.25) is 9.18 Å². The maximum atomic E-state index is 13.3. The van der Waals surface area contributed by atoms with Crippen LogP contribution in [0, 0.1) is 11.3 Å². The molecule has 1 amide bonds. The van der Waals surface area contributed by atoms with E-state index in [-0.39, 0.29) is 24.0 Å². The van der Waals surface area contributed by atoms with Gasteiger partial charge in [-0.2, -0.15) is 4.72 Å². The van der Waals surface area contributed by atoms with E-state index in [1.165, 1.54) is 6.21 Å². The number of nitrogens with one attached hydrogen (secondary N) is 3. The second kappa shape index (κ2) is 12.5. The first kappa shape index (κ1) is 28.3. The molecule has 3 unspecified atom stereocenters. The van der Waals surface area contributed by atoms with Gasteiger partial charge in [0.25, 0.3) is 5.91 Å². The van der Waals surface area contributed by atoms with Crippen molar-refractivity contribution in [3.05, 3.63) is 52.5 Å². The minimum Gasteiger partial charge on any atom is -0.588 e. The number of aromatic nitrogens is 1. The predicted molar refractivity (Wildman–Crippen MR) is 155 cm³/mol. The van der Waals surface area contributed by atoms with Crippen molar-refractivity contribution >= 4 is 35.1 Å². The van der Waals surface area contributed by atoms with E-state index >= 15 is 0 Å². The highest BCUT2D eigenvalue weighted by Gasteiger charge is 2.42. The molecule has 1 aromatic rings. The third kappa shape index (κ3) is 6.90. The van der Waals surface area contributed by atoms with Crippen molar-refractivity contribution in [2.75, 3.05) is 37.8 Å². The number of carbonyl (C=O) groups excluding carboxylic acids is 1. The molecular weight excluding hydrogens is 533 g/mol. The van der Waals surface area contributed by atoms with E-state index in [4.69, 9.17) is 15.5 Å². The van der Waals surface area contributed by atoms with Gasteiger partial charge in [0.15, 0.2) is 16.6 Å². The number of carbonyl (C=O) groups is 1. The lowest BCUT2D eigenvalue weighted by Crippen LogP contribution is -2.39. The number of nitrogens with two attached hydrogens (primary N) is 1. The van der Waals surface area contributed by atoms with E-state index in [0.717, 1.165) is 51.0 Å². The van der Waals surface area contributed by atoms with Gasteiger partial charge in [0.05, 0.1) is 31.2 Å². The first-order valence-electron chi connectivity index (χ1n) is 13.9. The third-order valence-electron chi connectivity index (χ3n) is 8.04. The van der Waals surface area contributed by atoms with Crippen molar-refractivity contribution in [3.63, 3.8) is 0 Å². The van der Waals surface area contributed by atoms with Gasteiger partial charge in [0.2, 0.25) is 0 Å². The van der Waals surface area contributed by atoms with E-state index in [1.54, 1.807) is 24.3 Å². The van der Waals surface area contributed by atoms with Crippen LogP contribution in [0.2, 0.25) is 0 Å². The Bertz CT molecular complexity index is 1220. The normalized spacial score (nSPS) is 26.4. The third-order valence-corrected chi connectivity index (χ3v) is 9.17. The van der Waals surface area contributed by atoms with Crippen molar-refractivity contribution in [1.82, 2.24) is 20.3 Å². The van der Waals surface area contributed by atoms with Gasteiger partial charge >= 0.3 is 0 Å². The monoisotopic (exact) mass is 571 g/mol. The van der Waals surface area contributed by atoms with E-state index in [1.807, 2.05) is 6.08 Å². The lowest BCUT2D eigenvalue weighted by atomic mass is 10.0. The Balaban J connectivity index is 1.34. The lowest BCUT2D eigenvalue weighted by Gasteiger charge is -2.26. The lowest BCUT2D eigenvalue weighted by molar-refractivity contribution is 0.0981. The molecule has 3 atom stereocenters. The summed E-state index contributed by atoms with van der Waals surface area (Å²) in [6.45, 7) is 4.18. The fourth-order valence-electron chi connectivity index (χ4n) is 5.34. The number of anilines is 1. The number of alkyl halides is 1. The zero-order valence-electron chi connectivity index (χ0n) is 22.8. The minimum atomic E-state index is -1.69. The summed E-state index contributed by atoms with van der Waals surface area (Å²) >= 11 is -1.69. The molecule has 2 fully saturated rings. The fraction of sp³-hybridized carbons (Fsp3) is 0.536. The fourth-order valence-corrected chi connectivity index (χ4v) is 6.15. The molecule has 5 heterocycles. The van der Waals surface area contributed by atoms with Crippen LogP contribution in [-0.2, 0) is 16.1 Å². The summed E-state index contributed by atoms with van der Waals surface area (Å²) in [5.41, 5.74) is 6.08. The number of amides is 1. The number of pyridine rings is 1. The van der Waals surface area contributed by atoms with Crippen LogP contribution in [0.5, 0.6) is 0 Å². The molecule has 0 radical (unpaired) electrons. The maximum absolute atomic E-state index is 13.3. The molecule has 5 aliphatic rings. The number of dihydropyridines is 1. The summed E-state index contributed by atoms with van der Waals surface area (Å²) in [5.74, 6) is 2.05. The minimum absolute atomic E-state index is 0.184. The highest BCUT2D eigenvalue weighted by Crippen LogP contribution is 2.49. The molecule has 4 aliphatic heterocycles. The van der Waals surface area contributed by atoms with Crippen LogP contribution in [0.4, 0.5) is 16.0 Å². The summed E-state index contributed by atoms with van der Waals surface area (Å²) in [5, 5.41) is 6.62. The second-order valence-electron chi connectivity index (χ2n) is 11.1. The molecule has 1 aliphatic carbocycles. The molecule has 10 nitrogen and oxygen atoms in total. The van der Waals surface area contributed by atoms with Gasteiger partial charge in [-0.25, -0.2) is 9.98 Å². The molecule has 4 bridgehead atoms. The number of ether oxygens (including phenoxy) is 1. The summed E-state index contributed by atoms with van der Waals surface area (Å²) in [4.78, 5) is 25.2. The topological polar surface area (TPSA) is 140 Å². The number of halogens is 1. The number of rotatable bonds is 7. The number of hydrogen-bond donors (Lipinski definition) is 4. The predicted octanol–water partition coefficient (Wildman–Crippen LogP) is 3.06. The number of allylic oxidation sites excluding steroid dienone is 3. The Morgan fingerprint density at radius 3 is 2.98 bits per heavy atom. The summed E-state index contributed by atoms with van der Waals surface area (Å²) in [7, 11) is 0. The number of aliphatic imine (C=N–C) groups is 1. The Labute approximate surface area is 237 Å². The van der Waals surface area contributed by atoms with E-state index in [0.29, 0.717) is 47.6 Å². The zero-order valence-corrected chi connectivity index (χ0v) is 23.6. The average Bonchev–Trinajstić information content (AvgIpc) is 3.64. The van der Waals surface area contributed by atoms with Gasteiger partial charge in [-0.15, -0.1) is 0 Å². The van der Waals surface area contributed by atoms with E-state index in [9.17, 15) is 13.7 Å². The van der Waals surface area contributed by atoms with E-state index in [2.05, 4.69) is 32.2 Å². The van der Waals surface area contributed by atoms with Crippen molar-refractivity contribution in [3.8, 4) is 0 Å². The van der Waals surface area contributed by atoms with Crippen LogP contribution in [-0.4, -0.2) is 60.6 Å². The summed E-state index contributed by atoms with van der Waals surface area (Å²) < 4.78 is 34.1. The van der Waals surface area contributed by atoms with Crippen LogP contribution in [0.1, 0.15) is 55.8 Å². The van der Waals surface area contributed by atoms with Gasteiger partial charge in [0.1, 0.15) is 17.2 Å². The first-order chi connectivity index (χ1) is 19.4. The Morgan fingerprint density at radius 1 is 1.38 bits per heavy atom. The largest absolute Gasteiger partial charge is 0.588 e. The average molecular weight is 572 g/mol. The Morgan fingerprint density at radius 2 is 2.23 bits per heavy atom. The quantitative estimate of drug-likeness (QED) is 0.222. The molecular formula is C28H38FN7O3S. The first-order valence-corrected chi connectivity index (χ1v) is 15.1. The molecule has 6 rings (SSSR count). The molecule has 216 valence electrons. The van der Waals surface area contributed by atoms with Crippen LogP contribution < -0.4 is 26.0 Å². The summed E-state index contributed by atoms with van der Waals surface area (Å²) in [6, 6.07) is 3.51. The Kier molecular flexibility index (Phi) is 8.84. The smallest absolute Gasteiger partial charge is 0.296 e. The van der Waals surface area contributed by atoms with Crippen LogP contribution >= 0.6 is 0 Å². The molecule has 12 heteroatoms. The van der Waals surface area contributed by atoms with Gasteiger partial charge in [-0.1, -0.05) is 0 Å². The van der Waals surface area contributed by atoms with Crippen LogP contribution in [0.25, 0.3) is 0 Å². The molecule has 0 spiro atoms. The number of fused-ring (bicyclic) bond motifs is 7. The van der Waals surface area contributed by atoms with Crippen LogP contribution in [0.3, 0.4) is 0 Å². The van der Waals surface area contributed by atoms with Crippen molar-refractivity contribution in [2.24, 2.45) is 22.1 Å². The van der Waals surface area contributed by atoms with Gasteiger partial charge in [-0.05, 0) is 75.7 Å². The number of nitrogens with zero attached hydrogens (tertiary/aromatic N) is 3. The van der Waals surface area contributed by atoms with Crippen molar-refractivity contribution < 1.29 is 18.5 Å². The van der Waals surface area contributed by atoms with Crippen molar-refractivity contribution in [1.29, 1.82) is 0 Å². The SMILES string of the molecule is CC1CC2CCCNC3=CC=C(CN3)[S+]([O-])NC(=O)c3ccc(N=CC=C(N)OCCC4(CF)CC4)nc3N1C2. The zero-order chi connectivity index (χ0) is 28.1. The van der Waals surface area contributed by atoms with E-state index < -0.39 is 17.3 Å². The van der Waals surface area contributed by atoms with Crippen LogP contribution in [0.15, 0.2) is 52.0 Å². The van der Waals surface area contributed by atoms with Gasteiger partial charge < -0.3 is 30.6 Å². The highest BCUT2D eigenvalue weighted by molar-refractivity contribution is 7.94. The highest BCUT2D eigenvalue weighted by atomic mass is 32.2. The summed E-state index contributed by atoms with van der Waals surface area (Å²) in [6.07, 6.45) is 12.2. The van der Waals surface area contributed by atoms with Gasteiger partial charge in [0, 0.05) is 36.8 Å². The standard InChI is InChI=1S/C28H38FN7O3S/c1-19-15-20-3-2-12-31-24-6-4-21(16-33-24)40(38)35-27(37)22-5-7-25(34-26(22)36(19)17-20)32-13-8-23(30)39-14-11-28(18-29)9-10-28/h4-8,13,19-20,31,33H,2-3,9-12,14-18,30H2,1H3,(H,35,37). The molecule has 1 saturated carbocycles. The molecule has 1 aromatic heterocycles. The molecule has 0 aromatic carbocycles. The molecule has 5 N–H and O–H groups in total. The molecule has 40 heavy (non-hydrogen) atoms. The van der Waals surface area contributed by atoms with Crippen molar-refractivity contribution in [2.45, 2.75) is 51.5 Å². The maximum Gasteiger partial charge on any atom is 0.296 e. The molecule has 1 saturated heterocycles.